The van der Waals surface area contributed by atoms with Gasteiger partial charge in [0.1, 0.15) is 18.2 Å². The summed E-state index contributed by atoms with van der Waals surface area (Å²) in [6.45, 7) is 6.71. The molecule has 32 heavy (non-hydrogen) atoms. The van der Waals surface area contributed by atoms with E-state index in [-0.39, 0.29) is 23.5 Å². The number of cyclic esters (lactones) is 1. The van der Waals surface area contributed by atoms with Crippen LogP contribution in [0.5, 0.6) is 5.75 Å². The van der Waals surface area contributed by atoms with Crippen LogP contribution in [0, 0.1) is 5.82 Å². The van der Waals surface area contributed by atoms with Crippen molar-refractivity contribution in [1.82, 2.24) is 0 Å². The van der Waals surface area contributed by atoms with Crippen molar-refractivity contribution in [1.29, 1.82) is 0 Å². The fourth-order valence-corrected chi connectivity index (χ4v) is 3.26. The molecule has 162 valence electrons. The minimum Gasteiger partial charge on any atom is -0.489 e. The molecule has 1 aliphatic rings. The number of nitrogens with zero attached hydrogens (tertiary/aromatic N) is 1. The minimum atomic E-state index is -0.480. The number of benzene rings is 3. The first kappa shape index (κ1) is 21.5. The lowest BCUT2D eigenvalue weighted by molar-refractivity contribution is -0.129. The van der Waals surface area contributed by atoms with Crippen LogP contribution in [-0.2, 0) is 21.6 Å². The lowest BCUT2D eigenvalue weighted by atomic mass is 9.87. The summed E-state index contributed by atoms with van der Waals surface area (Å²) >= 11 is 0. The lowest BCUT2D eigenvalue weighted by Gasteiger charge is -2.18. The van der Waals surface area contributed by atoms with E-state index in [2.05, 4.69) is 25.8 Å². The topological polar surface area (TPSA) is 47.9 Å². The predicted molar refractivity (Wildman–Crippen MR) is 123 cm³/mol. The molecule has 5 heteroatoms. The van der Waals surface area contributed by atoms with Crippen molar-refractivity contribution in [2.24, 2.45) is 4.99 Å². The van der Waals surface area contributed by atoms with Crippen LogP contribution < -0.4 is 4.74 Å². The van der Waals surface area contributed by atoms with Crippen LogP contribution in [0.2, 0.25) is 0 Å². The van der Waals surface area contributed by atoms with Crippen LogP contribution in [0.1, 0.15) is 43.0 Å². The summed E-state index contributed by atoms with van der Waals surface area (Å²) in [4.78, 5) is 16.7. The normalized spacial score (nSPS) is 14.9. The molecule has 0 aliphatic carbocycles. The zero-order valence-corrected chi connectivity index (χ0v) is 18.3. The van der Waals surface area contributed by atoms with E-state index in [9.17, 15) is 9.18 Å². The molecule has 1 aliphatic heterocycles. The number of halogens is 1. The maximum absolute atomic E-state index is 13.3. The fourth-order valence-electron chi connectivity index (χ4n) is 3.26. The molecule has 0 unspecified atom stereocenters. The van der Waals surface area contributed by atoms with Crippen molar-refractivity contribution in [3.63, 3.8) is 0 Å². The van der Waals surface area contributed by atoms with Gasteiger partial charge in [0, 0.05) is 5.56 Å². The quantitative estimate of drug-likeness (QED) is 0.367. The van der Waals surface area contributed by atoms with Crippen molar-refractivity contribution in [3.8, 4) is 5.75 Å². The summed E-state index contributed by atoms with van der Waals surface area (Å²) in [7, 11) is 0. The van der Waals surface area contributed by atoms with E-state index < -0.39 is 5.97 Å². The summed E-state index contributed by atoms with van der Waals surface area (Å²) in [5.41, 5.74) is 3.79. The fraction of sp³-hybridized carbons (Fsp3) is 0.185. The Morgan fingerprint density at radius 2 is 1.72 bits per heavy atom. The molecule has 4 nitrogen and oxygen atoms in total. The van der Waals surface area contributed by atoms with Crippen molar-refractivity contribution >= 4 is 17.9 Å². The standard InChI is InChI=1S/C27H24FNO3/c1-27(2,3)21-11-9-20(10-12-21)25-29-24(26(30)32-25)16-18-7-13-23(14-8-18)31-17-19-5-4-6-22(28)15-19/h4-16H,17H2,1-3H3/b24-16-. The highest BCUT2D eigenvalue weighted by Gasteiger charge is 2.24. The van der Waals surface area contributed by atoms with Gasteiger partial charge < -0.3 is 9.47 Å². The van der Waals surface area contributed by atoms with Gasteiger partial charge in [-0.3, -0.25) is 0 Å². The highest BCUT2D eigenvalue weighted by molar-refractivity contribution is 6.12. The number of esters is 1. The third-order valence-corrected chi connectivity index (χ3v) is 5.10. The highest BCUT2D eigenvalue weighted by atomic mass is 19.1. The molecule has 0 radical (unpaired) electrons. The zero-order valence-electron chi connectivity index (χ0n) is 18.3. The molecule has 0 amide bonds. The maximum atomic E-state index is 13.3. The molecule has 3 aromatic carbocycles. The van der Waals surface area contributed by atoms with Gasteiger partial charge in [-0.05, 0) is 64.6 Å². The number of hydrogen-bond donors (Lipinski definition) is 0. The van der Waals surface area contributed by atoms with Gasteiger partial charge in [0.05, 0.1) is 0 Å². The Morgan fingerprint density at radius 3 is 2.38 bits per heavy atom. The van der Waals surface area contributed by atoms with Gasteiger partial charge in [0.2, 0.25) is 5.90 Å². The maximum Gasteiger partial charge on any atom is 0.363 e. The lowest BCUT2D eigenvalue weighted by Crippen LogP contribution is -2.11. The second-order valence-corrected chi connectivity index (χ2v) is 8.65. The van der Waals surface area contributed by atoms with E-state index in [1.165, 1.54) is 17.7 Å². The average Bonchev–Trinajstić information content (AvgIpc) is 3.13. The van der Waals surface area contributed by atoms with E-state index in [1.807, 2.05) is 36.4 Å². The van der Waals surface area contributed by atoms with Crippen molar-refractivity contribution < 1.29 is 18.7 Å². The number of carbonyl (C=O) groups is 1. The summed E-state index contributed by atoms with van der Waals surface area (Å²) in [6.07, 6.45) is 1.68. The second kappa shape index (κ2) is 8.79. The third kappa shape index (κ3) is 5.11. The first-order valence-electron chi connectivity index (χ1n) is 10.4. The van der Waals surface area contributed by atoms with E-state index in [1.54, 1.807) is 30.3 Å². The molecule has 0 atom stereocenters. The third-order valence-electron chi connectivity index (χ3n) is 5.10. The zero-order chi connectivity index (χ0) is 22.7. The first-order valence-corrected chi connectivity index (χ1v) is 10.4. The van der Waals surface area contributed by atoms with Crippen LogP contribution in [0.15, 0.2) is 83.5 Å². The van der Waals surface area contributed by atoms with Gasteiger partial charge in [0.25, 0.3) is 0 Å². The Bertz CT molecular complexity index is 1190. The second-order valence-electron chi connectivity index (χ2n) is 8.65. The van der Waals surface area contributed by atoms with Gasteiger partial charge in [-0.15, -0.1) is 0 Å². The molecule has 0 saturated carbocycles. The van der Waals surface area contributed by atoms with Gasteiger partial charge >= 0.3 is 5.97 Å². The number of rotatable bonds is 5. The van der Waals surface area contributed by atoms with Gasteiger partial charge in [-0.1, -0.05) is 57.2 Å². The smallest absolute Gasteiger partial charge is 0.363 e. The van der Waals surface area contributed by atoms with E-state index in [0.29, 0.717) is 11.6 Å². The Labute approximate surface area is 187 Å². The molecular formula is C27H24FNO3. The van der Waals surface area contributed by atoms with Gasteiger partial charge in [-0.2, -0.15) is 0 Å². The summed E-state index contributed by atoms with van der Waals surface area (Å²) < 4.78 is 24.3. The number of aliphatic imine (C=N–C) groups is 1. The summed E-state index contributed by atoms with van der Waals surface area (Å²) in [5, 5.41) is 0. The highest BCUT2D eigenvalue weighted by Crippen LogP contribution is 2.25. The van der Waals surface area contributed by atoms with Gasteiger partial charge in [0.15, 0.2) is 5.70 Å². The van der Waals surface area contributed by atoms with E-state index >= 15 is 0 Å². The summed E-state index contributed by atoms with van der Waals surface area (Å²) in [5.74, 6) is 0.179. The van der Waals surface area contributed by atoms with E-state index in [0.717, 1.165) is 16.7 Å². The van der Waals surface area contributed by atoms with Crippen LogP contribution >= 0.6 is 0 Å². The SMILES string of the molecule is CC(C)(C)c1ccc(C2=N/C(=C\c3ccc(OCc4cccc(F)c4)cc3)C(=O)O2)cc1. The molecule has 0 saturated heterocycles. The van der Waals surface area contributed by atoms with Crippen LogP contribution in [0.3, 0.4) is 0 Å². The number of carbonyl (C=O) groups excluding carboxylic acids is 1. The molecule has 4 rings (SSSR count). The number of ether oxygens (including phenoxy) is 2. The molecule has 0 fully saturated rings. The largest absolute Gasteiger partial charge is 0.489 e. The molecule has 0 aromatic heterocycles. The Balaban J connectivity index is 1.45. The Hall–Kier alpha value is -3.73. The molecule has 0 N–H and O–H groups in total. The monoisotopic (exact) mass is 429 g/mol. The van der Waals surface area contributed by atoms with Crippen molar-refractivity contribution in [2.75, 3.05) is 0 Å². The van der Waals surface area contributed by atoms with Crippen molar-refractivity contribution in [3.05, 3.63) is 107 Å². The molecule has 3 aromatic rings. The van der Waals surface area contributed by atoms with Crippen LogP contribution in [-0.4, -0.2) is 11.9 Å². The number of hydrogen-bond acceptors (Lipinski definition) is 4. The molecular weight excluding hydrogens is 405 g/mol. The Morgan fingerprint density at radius 1 is 1.00 bits per heavy atom. The Kier molecular flexibility index (Phi) is 5.91. The minimum absolute atomic E-state index is 0.0465. The average molecular weight is 429 g/mol. The first-order chi connectivity index (χ1) is 15.3. The summed E-state index contributed by atoms with van der Waals surface area (Å²) in [6, 6.07) is 21.4. The van der Waals surface area contributed by atoms with Crippen LogP contribution in [0.25, 0.3) is 6.08 Å². The molecule has 0 bridgehead atoms. The predicted octanol–water partition coefficient (Wildman–Crippen LogP) is 6.05. The van der Waals surface area contributed by atoms with Crippen molar-refractivity contribution in [2.45, 2.75) is 32.8 Å². The molecule has 0 spiro atoms. The van der Waals surface area contributed by atoms with E-state index in [4.69, 9.17) is 9.47 Å². The molecule has 1 heterocycles. The van der Waals surface area contributed by atoms with Gasteiger partial charge in [-0.25, -0.2) is 14.2 Å². The van der Waals surface area contributed by atoms with Crippen LogP contribution in [0.4, 0.5) is 4.39 Å².